The van der Waals surface area contributed by atoms with Gasteiger partial charge in [0.25, 0.3) is 0 Å². The molecule has 1 heterocycles. The SMILES string of the molecule is CCOC(=O)n1ncc([N+](=O)[O-])c1N. The van der Waals surface area contributed by atoms with E-state index in [9.17, 15) is 14.9 Å². The third kappa shape index (κ3) is 1.63. The highest BCUT2D eigenvalue weighted by Crippen LogP contribution is 2.19. The van der Waals surface area contributed by atoms with Crippen LogP contribution in [0.25, 0.3) is 0 Å². The molecule has 8 heteroatoms. The van der Waals surface area contributed by atoms with Crippen LogP contribution < -0.4 is 5.73 Å². The molecular formula is C6H8N4O4. The van der Waals surface area contributed by atoms with Gasteiger partial charge in [-0.25, -0.2) is 4.79 Å². The first-order valence-corrected chi connectivity index (χ1v) is 3.73. The molecule has 0 radical (unpaired) electrons. The van der Waals surface area contributed by atoms with Gasteiger partial charge in [-0.05, 0) is 6.92 Å². The Morgan fingerprint density at radius 1 is 1.86 bits per heavy atom. The Labute approximate surface area is 78.4 Å². The Hall–Kier alpha value is -2.12. The molecule has 2 N–H and O–H groups in total. The first-order chi connectivity index (χ1) is 6.57. The Morgan fingerprint density at radius 2 is 2.50 bits per heavy atom. The average molecular weight is 200 g/mol. The molecular weight excluding hydrogens is 192 g/mol. The summed E-state index contributed by atoms with van der Waals surface area (Å²) >= 11 is 0. The van der Waals surface area contributed by atoms with Crippen LogP contribution in [0.4, 0.5) is 16.3 Å². The summed E-state index contributed by atoms with van der Waals surface area (Å²) in [7, 11) is 0. The molecule has 1 aromatic heterocycles. The van der Waals surface area contributed by atoms with Crippen molar-refractivity contribution in [1.82, 2.24) is 9.78 Å². The summed E-state index contributed by atoms with van der Waals surface area (Å²) in [4.78, 5) is 20.7. The largest absolute Gasteiger partial charge is 0.448 e. The Balaban J connectivity index is 3.00. The number of hydrogen-bond donors (Lipinski definition) is 1. The molecule has 0 saturated carbocycles. The third-order valence-electron chi connectivity index (χ3n) is 1.42. The topological polar surface area (TPSA) is 113 Å². The van der Waals surface area contributed by atoms with E-state index in [0.29, 0.717) is 4.68 Å². The maximum Gasteiger partial charge on any atom is 0.436 e. The minimum absolute atomic E-state index is 0.145. The molecule has 0 aliphatic rings. The fourth-order valence-corrected chi connectivity index (χ4v) is 0.820. The summed E-state index contributed by atoms with van der Waals surface area (Å²) in [6.07, 6.45) is 0.0600. The van der Waals surface area contributed by atoms with Crippen molar-refractivity contribution in [2.45, 2.75) is 6.92 Å². The lowest BCUT2D eigenvalue weighted by Gasteiger charge is -2.00. The van der Waals surface area contributed by atoms with Gasteiger partial charge in [-0.2, -0.15) is 5.10 Å². The molecule has 0 spiro atoms. The number of anilines is 1. The number of rotatable bonds is 2. The predicted molar refractivity (Wildman–Crippen MR) is 45.7 cm³/mol. The van der Waals surface area contributed by atoms with E-state index < -0.39 is 16.7 Å². The van der Waals surface area contributed by atoms with Gasteiger partial charge in [0.15, 0.2) is 0 Å². The lowest BCUT2D eigenvalue weighted by atomic mass is 10.5. The number of carbonyl (C=O) groups is 1. The number of nitrogens with two attached hydrogens (primary N) is 1. The second-order valence-corrected chi connectivity index (χ2v) is 2.28. The summed E-state index contributed by atoms with van der Waals surface area (Å²) < 4.78 is 5.20. The van der Waals surface area contributed by atoms with Gasteiger partial charge in [0.2, 0.25) is 5.82 Å². The smallest absolute Gasteiger partial charge is 0.436 e. The van der Waals surface area contributed by atoms with Gasteiger partial charge in [-0.15, -0.1) is 4.68 Å². The molecule has 0 aliphatic carbocycles. The van der Waals surface area contributed by atoms with Crippen molar-refractivity contribution in [2.75, 3.05) is 12.3 Å². The van der Waals surface area contributed by atoms with Crippen LogP contribution >= 0.6 is 0 Å². The minimum atomic E-state index is -0.835. The summed E-state index contributed by atoms with van der Waals surface area (Å²) in [6.45, 7) is 1.75. The maximum atomic E-state index is 11.1. The van der Waals surface area contributed by atoms with Gasteiger partial charge in [0, 0.05) is 0 Å². The van der Waals surface area contributed by atoms with Crippen molar-refractivity contribution in [3.63, 3.8) is 0 Å². The van der Waals surface area contributed by atoms with Crippen molar-refractivity contribution in [1.29, 1.82) is 0 Å². The number of carbonyl (C=O) groups excluding carboxylic acids is 1. The average Bonchev–Trinajstić information content (AvgIpc) is 2.47. The Morgan fingerprint density at radius 3 is 2.93 bits per heavy atom. The monoisotopic (exact) mass is 200 g/mol. The summed E-state index contributed by atoms with van der Waals surface area (Å²) in [5.41, 5.74) is 4.87. The van der Waals surface area contributed by atoms with Crippen LogP contribution in [0.15, 0.2) is 6.20 Å². The number of hydrogen-bond acceptors (Lipinski definition) is 6. The van der Waals surface area contributed by atoms with E-state index >= 15 is 0 Å². The molecule has 0 fully saturated rings. The fraction of sp³-hybridized carbons (Fsp3) is 0.333. The lowest BCUT2D eigenvalue weighted by molar-refractivity contribution is -0.383. The molecule has 0 bridgehead atoms. The molecule has 14 heavy (non-hydrogen) atoms. The van der Waals surface area contributed by atoms with E-state index in [1.807, 2.05) is 0 Å². The zero-order valence-corrected chi connectivity index (χ0v) is 7.34. The van der Waals surface area contributed by atoms with Crippen molar-refractivity contribution in [3.05, 3.63) is 16.3 Å². The Kier molecular flexibility index (Phi) is 2.65. The van der Waals surface area contributed by atoms with Crippen molar-refractivity contribution in [3.8, 4) is 0 Å². The van der Waals surface area contributed by atoms with Crippen LogP contribution in [0.5, 0.6) is 0 Å². The van der Waals surface area contributed by atoms with Crippen molar-refractivity contribution < 1.29 is 14.5 Å². The highest BCUT2D eigenvalue weighted by Gasteiger charge is 2.21. The highest BCUT2D eigenvalue weighted by molar-refractivity contribution is 5.76. The highest BCUT2D eigenvalue weighted by atomic mass is 16.6. The van der Waals surface area contributed by atoms with Gasteiger partial charge in [-0.1, -0.05) is 0 Å². The molecule has 0 atom stereocenters. The van der Waals surface area contributed by atoms with Crippen LogP contribution in [0.3, 0.4) is 0 Å². The quantitative estimate of drug-likeness (QED) is 0.545. The number of ether oxygens (including phenoxy) is 1. The first-order valence-electron chi connectivity index (χ1n) is 3.73. The molecule has 0 aromatic carbocycles. The molecule has 1 rings (SSSR count). The van der Waals surface area contributed by atoms with Crippen molar-refractivity contribution >= 4 is 17.6 Å². The molecule has 1 aromatic rings. The van der Waals surface area contributed by atoms with Crippen LogP contribution in [-0.2, 0) is 4.74 Å². The molecule has 76 valence electrons. The zero-order chi connectivity index (χ0) is 10.7. The number of nitro groups is 1. The zero-order valence-electron chi connectivity index (χ0n) is 7.34. The molecule has 0 amide bonds. The number of nitrogen functional groups attached to an aromatic ring is 1. The summed E-state index contributed by atoms with van der Waals surface area (Å²) in [5, 5.41) is 13.8. The number of aromatic nitrogens is 2. The standard InChI is InChI=1S/C6H8N4O4/c1-2-14-6(11)9-5(7)4(3-8-9)10(12)13/h3H,2,7H2,1H3. The molecule has 0 saturated heterocycles. The van der Waals surface area contributed by atoms with E-state index in [-0.39, 0.29) is 12.4 Å². The van der Waals surface area contributed by atoms with Crippen molar-refractivity contribution in [2.24, 2.45) is 0 Å². The van der Waals surface area contributed by atoms with Gasteiger partial charge in [-0.3, -0.25) is 10.1 Å². The molecule has 0 aliphatic heterocycles. The predicted octanol–water partition coefficient (Wildman–Crippen LogP) is 0.378. The van der Waals surface area contributed by atoms with Crippen LogP contribution in [0.1, 0.15) is 6.92 Å². The van der Waals surface area contributed by atoms with Gasteiger partial charge < -0.3 is 10.5 Å². The van der Waals surface area contributed by atoms with Crippen LogP contribution in [0.2, 0.25) is 0 Å². The molecule has 0 unspecified atom stereocenters. The van der Waals surface area contributed by atoms with E-state index in [4.69, 9.17) is 5.73 Å². The first kappa shape index (κ1) is 9.96. The third-order valence-corrected chi connectivity index (χ3v) is 1.42. The maximum absolute atomic E-state index is 11.1. The second-order valence-electron chi connectivity index (χ2n) is 2.28. The van der Waals surface area contributed by atoms with Gasteiger partial charge >= 0.3 is 11.8 Å². The lowest BCUT2D eigenvalue weighted by Crippen LogP contribution is -2.17. The van der Waals surface area contributed by atoms with E-state index in [2.05, 4.69) is 9.84 Å². The Bertz CT molecular complexity index is 372. The van der Waals surface area contributed by atoms with Crippen LogP contribution in [-0.4, -0.2) is 27.4 Å². The summed E-state index contributed by atoms with van der Waals surface area (Å²) in [5.74, 6) is -0.339. The van der Waals surface area contributed by atoms with E-state index in [1.54, 1.807) is 6.92 Å². The van der Waals surface area contributed by atoms with E-state index in [1.165, 1.54) is 0 Å². The molecule has 8 nitrogen and oxygen atoms in total. The minimum Gasteiger partial charge on any atom is -0.448 e. The van der Waals surface area contributed by atoms with Gasteiger partial charge in [0.05, 0.1) is 11.5 Å². The second kappa shape index (κ2) is 3.73. The number of nitrogens with zero attached hydrogens (tertiary/aromatic N) is 3. The summed E-state index contributed by atoms with van der Waals surface area (Å²) in [6, 6.07) is 0. The fourth-order valence-electron chi connectivity index (χ4n) is 0.820. The normalized spacial score (nSPS) is 9.79. The van der Waals surface area contributed by atoms with Gasteiger partial charge in [0.1, 0.15) is 6.20 Å². The van der Waals surface area contributed by atoms with Crippen LogP contribution in [0, 0.1) is 10.1 Å². The van der Waals surface area contributed by atoms with E-state index in [0.717, 1.165) is 6.20 Å².